The maximum Gasteiger partial charge on any atom is 0.261 e. The highest BCUT2D eigenvalue weighted by Crippen LogP contribution is 2.26. The van der Waals surface area contributed by atoms with E-state index in [0.29, 0.717) is 16.4 Å². The van der Waals surface area contributed by atoms with Gasteiger partial charge in [0.1, 0.15) is 18.0 Å². The molecule has 5 rings (SSSR count). The van der Waals surface area contributed by atoms with Crippen LogP contribution in [0.2, 0.25) is 0 Å². The minimum atomic E-state index is -0.279. The fourth-order valence-corrected chi connectivity index (χ4v) is 4.06. The van der Waals surface area contributed by atoms with Crippen LogP contribution in [0.15, 0.2) is 78.7 Å². The maximum atomic E-state index is 12.9. The standard InChI is InChI=1S/C24H19N5O2S/c1-16-6-5-11-29-13-18(26-22(16)29)14-31-21-9-3-2-8-19(21)23(30)28-24-27-20(15-32-24)17-7-4-10-25-12-17/h2-13,15H,14H2,1H3,(H,27,28,30). The molecule has 0 fully saturated rings. The summed E-state index contributed by atoms with van der Waals surface area (Å²) in [7, 11) is 0. The summed E-state index contributed by atoms with van der Waals surface area (Å²) in [6.07, 6.45) is 7.34. The summed E-state index contributed by atoms with van der Waals surface area (Å²) in [5.41, 5.74) is 4.87. The van der Waals surface area contributed by atoms with Crippen molar-refractivity contribution in [1.82, 2.24) is 19.4 Å². The van der Waals surface area contributed by atoms with Gasteiger partial charge in [0.15, 0.2) is 5.13 Å². The number of nitrogens with zero attached hydrogens (tertiary/aromatic N) is 4. The molecule has 0 spiro atoms. The van der Waals surface area contributed by atoms with Crippen molar-refractivity contribution in [1.29, 1.82) is 0 Å². The van der Waals surface area contributed by atoms with Gasteiger partial charge in [0.05, 0.1) is 17.0 Å². The van der Waals surface area contributed by atoms with Gasteiger partial charge in [-0.1, -0.05) is 18.2 Å². The van der Waals surface area contributed by atoms with E-state index in [1.54, 1.807) is 30.6 Å². The van der Waals surface area contributed by atoms with Crippen molar-refractivity contribution in [3.8, 4) is 17.0 Å². The Morgan fingerprint density at radius 2 is 2.03 bits per heavy atom. The SMILES string of the molecule is Cc1cccn2cc(COc3ccccc3C(=O)Nc3nc(-c4cccnc4)cs3)nc12. The lowest BCUT2D eigenvalue weighted by atomic mass is 10.2. The van der Waals surface area contributed by atoms with E-state index in [0.717, 1.165) is 28.2 Å². The number of carbonyl (C=O) groups excluding carboxylic acids is 1. The van der Waals surface area contributed by atoms with Gasteiger partial charge >= 0.3 is 0 Å². The van der Waals surface area contributed by atoms with Crippen LogP contribution < -0.4 is 10.1 Å². The van der Waals surface area contributed by atoms with Crippen molar-refractivity contribution in [3.63, 3.8) is 0 Å². The molecule has 0 saturated heterocycles. The molecule has 158 valence electrons. The zero-order valence-electron chi connectivity index (χ0n) is 17.2. The van der Waals surface area contributed by atoms with Gasteiger partial charge in [-0.2, -0.15) is 0 Å². The summed E-state index contributed by atoms with van der Waals surface area (Å²) < 4.78 is 7.93. The minimum absolute atomic E-state index is 0.258. The Morgan fingerprint density at radius 3 is 2.88 bits per heavy atom. The van der Waals surface area contributed by atoms with Gasteiger partial charge in [-0.25, -0.2) is 9.97 Å². The molecule has 0 aliphatic rings. The lowest BCUT2D eigenvalue weighted by Gasteiger charge is -2.10. The summed E-state index contributed by atoms with van der Waals surface area (Å²) in [5, 5.41) is 5.27. The van der Waals surface area contributed by atoms with E-state index in [1.165, 1.54) is 11.3 Å². The Morgan fingerprint density at radius 1 is 1.12 bits per heavy atom. The molecule has 0 radical (unpaired) electrons. The van der Waals surface area contributed by atoms with Gasteiger partial charge in [-0.3, -0.25) is 15.1 Å². The number of aryl methyl sites for hydroxylation is 1. The minimum Gasteiger partial charge on any atom is -0.486 e. The highest BCUT2D eigenvalue weighted by molar-refractivity contribution is 7.14. The number of fused-ring (bicyclic) bond motifs is 1. The third-order valence-corrected chi connectivity index (χ3v) is 5.67. The predicted octanol–water partition coefficient (Wildman–Crippen LogP) is 4.99. The summed E-state index contributed by atoms with van der Waals surface area (Å²) >= 11 is 1.36. The van der Waals surface area contributed by atoms with Crippen LogP contribution in [0.3, 0.4) is 0 Å². The van der Waals surface area contributed by atoms with Gasteiger partial charge in [0, 0.05) is 35.7 Å². The summed E-state index contributed by atoms with van der Waals surface area (Å²) in [6, 6.07) is 14.9. The first-order chi connectivity index (χ1) is 15.7. The van der Waals surface area contributed by atoms with Gasteiger partial charge in [-0.05, 0) is 42.8 Å². The van der Waals surface area contributed by atoms with Crippen molar-refractivity contribution >= 4 is 28.0 Å². The number of amides is 1. The highest BCUT2D eigenvalue weighted by atomic mass is 32.1. The average molecular weight is 442 g/mol. The molecule has 32 heavy (non-hydrogen) atoms. The number of pyridine rings is 2. The van der Waals surface area contributed by atoms with Crippen LogP contribution in [0.4, 0.5) is 5.13 Å². The number of carbonyl (C=O) groups is 1. The smallest absolute Gasteiger partial charge is 0.261 e. The molecule has 0 aliphatic carbocycles. The number of imidazole rings is 1. The highest BCUT2D eigenvalue weighted by Gasteiger charge is 2.15. The van der Waals surface area contributed by atoms with Crippen molar-refractivity contribution in [2.75, 3.05) is 5.32 Å². The Balaban J connectivity index is 1.31. The number of hydrogen-bond acceptors (Lipinski definition) is 6. The van der Waals surface area contributed by atoms with Crippen LogP contribution in [0.5, 0.6) is 5.75 Å². The van der Waals surface area contributed by atoms with E-state index >= 15 is 0 Å². The molecule has 1 N–H and O–H groups in total. The van der Waals surface area contributed by atoms with Crippen LogP contribution in [0.1, 0.15) is 21.6 Å². The molecule has 5 aromatic rings. The second-order valence-corrected chi connectivity index (χ2v) is 8.03. The zero-order chi connectivity index (χ0) is 21.9. The topological polar surface area (TPSA) is 81.4 Å². The van der Waals surface area contributed by atoms with Gasteiger partial charge in [0.25, 0.3) is 5.91 Å². The molecule has 8 heteroatoms. The van der Waals surface area contributed by atoms with Crippen LogP contribution in [-0.4, -0.2) is 25.3 Å². The molecular formula is C24H19N5O2S. The molecule has 0 atom stereocenters. The number of para-hydroxylation sites is 1. The largest absolute Gasteiger partial charge is 0.486 e. The van der Waals surface area contributed by atoms with E-state index in [-0.39, 0.29) is 12.5 Å². The number of anilines is 1. The molecule has 1 amide bonds. The molecule has 0 aliphatic heterocycles. The van der Waals surface area contributed by atoms with Crippen molar-refractivity contribution in [2.45, 2.75) is 13.5 Å². The first-order valence-electron chi connectivity index (χ1n) is 10.00. The number of ether oxygens (including phenoxy) is 1. The van der Waals surface area contributed by atoms with Crippen molar-refractivity contribution in [3.05, 3.63) is 95.5 Å². The summed E-state index contributed by atoms with van der Waals surface area (Å²) in [6.45, 7) is 2.28. The number of nitrogens with one attached hydrogen (secondary N) is 1. The fourth-order valence-electron chi connectivity index (χ4n) is 3.35. The monoisotopic (exact) mass is 441 g/mol. The van der Waals surface area contributed by atoms with E-state index in [2.05, 4.69) is 20.3 Å². The summed E-state index contributed by atoms with van der Waals surface area (Å²) in [5.74, 6) is 0.210. The second kappa shape index (κ2) is 8.60. The van der Waals surface area contributed by atoms with Crippen molar-refractivity contribution in [2.24, 2.45) is 0 Å². The van der Waals surface area contributed by atoms with Crippen LogP contribution in [0, 0.1) is 6.92 Å². The fraction of sp³-hybridized carbons (Fsp3) is 0.0833. The lowest BCUT2D eigenvalue weighted by molar-refractivity contribution is 0.102. The lowest BCUT2D eigenvalue weighted by Crippen LogP contribution is -2.13. The zero-order valence-corrected chi connectivity index (χ0v) is 18.0. The van der Waals surface area contributed by atoms with E-state index in [4.69, 9.17) is 4.74 Å². The quantitative estimate of drug-likeness (QED) is 0.401. The van der Waals surface area contributed by atoms with Crippen LogP contribution in [0.25, 0.3) is 16.9 Å². The number of aromatic nitrogens is 4. The third kappa shape index (κ3) is 4.08. The van der Waals surface area contributed by atoms with Gasteiger partial charge in [0.2, 0.25) is 0 Å². The van der Waals surface area contributed by atoms with Gasteiger partial charge < -0.3 is 9.14 Å². The normalized spacial score (nSPS) is 10.9. The second-order valence-electron chi connectivity index (χ2n) is 7.17. The Kier molecular flexibility index (Phi) is 5.35. The predicted molar refractivity (Wildman–Crippen MR) is 124 cm³/mol. The number of thiazole rings is 1. The Hall–Kier alpha value is -4.04. The van der Waals surface area contributed by atoms with E-state index in [9.17, 15) is 4.79 Å². The van der Waals surface area contributed by atoms with E-state index < -0.39 is 0 Å². The number of rotatable bonds is 6. The molecule has 0 unspecified atom stereocenters. The molecule has 4 heterocycles. The molecular weight excluding hydrogens is 422 g/mol. The third-order valence-electron chi connectivity index (χ3n) is 4.92. The average Bonchev–Trinajstić information content (AvgIpc) is 3.46. The van der Waals surface area contributed by atoms with Gasteiger partial charge in [-0.15, -0.1) is 11.3 Å². The first-order valence-corrected chi connectivity index (χ1v) is 10.9. The summed E-state index contributed by atoms with van der Waals surface area (Å²) in [4.78, 5) is 26.1. The molecule has 0 saturated carbocycles. The van der Waals surface area contributed by atoms with Crippen molar-refractivity contribution < 1.29 is 9.53 Å². The Labute approximate surface area is 188 Å². The van der Waals surface area contributed by atoms with Crippen LogP contribution >= 0.6 is 11.3 Å². The number of hydrogen-bond donors (Lipinski definition) is 1. The first kappa shape index (κ1) is 19.9. The molecule has 0 bridgehead atoms. The molecule has 1 aromatic carbocycles. The van der Waals surface area contributed by atoms with E-state index in [1.807, 2.05) is 59.4 Å². The molecule has 7 nitrogen and oxygen atoms in total. The maximum absolute atomic E-state index is 12.9. The van der Waals surface area contributed by atoms with Crippen LogP contribution in [-0.2, 0) is 6.61 Å². The Bertz CT molecular complexity index is 1390. The molecule has 4 aromatic heterocycles. The number of benzene rings is 1.